The minimum absolute atomic E-state index is 0.469. The number of methoxy groups -OCH3 is 1. The van der Waals surface area contributed by atoms with Crippen LogP contribution in [0.5, 0.6) is 0 Å². The fraction of sp³-hybridized carbons (Fsp3) is 0.474. The predicted molar refractivity (Wildman–Crippen MR) is 93.9 cm³/mol. The first kappa shape index (κ1) is 15.5. The highest BCUT2D eigenvalue weighted by Crippen LogP contribution is 2.34. The zero-order chi connectivity index (χ0) is 16.5. The van der Waals surface area contributed by atoms with Crippen molar-refractivity contribution in [3.8, 4) is 0 Å². The lowest BCUT2D eigenvalue weighted by molar-refractivity contribution is 0.177. The Balaban J connectivity index is 1.46. The van der Waals surface area contributed by atoms with E-state index >= 15 is 0 Å². The monoisotopic (exact) mass is 324 g/mol. The molecule has 1 aromatic carbocycles. The number of fused-ring (bicyclic) bond motifs is 2. The maximum absolute atomic E-state index is 5.19. The van der Waals surface area contributed by atoms with Crippen LogP contribution < -0.4 is 4.90 Å². The zero-order valence-electron chi connectivity index (χ0n) is 14.4. The van der Waals surface area contributed by atoms with E-state index in [1.807, 2.05) is 6.92 Å². The van der Waals surface area contributed by atoms with E-state index in [0.29, 0.717) is 18.7 Å². The van der Waals surface area contributed by atoms with Gasteiger partial charge in [-0.15, -0.1) is 0 Å². The number of aryl methyl sites for hydroxylation is 1. The summed E-state index contributed by atoms with van der Waals surface area (Å²) in [5, 5.41) is 0. The summed E-state index contributed by atoms with van der Waals surface area (Å²) in [7, 11) is 1.69. The van der Waals surface area contributed by atoms with E-state index < -0.39 is 0 Å². The summed E-state index contributed by atoms with van der Waals surface area (Å²) >= 11 is 0. The summed E-state index contributed by atoms with van der Waals surface area (Å²) in [5.74, 6) is 1.83. The summed E-state index contributed by atoms with van der Waals surface area (Å²) < 4.78 is 5.19. The molecule has 2 saturated heterocycles. The van der Waals surface area contributed by atoms with Gasteiger partial charge in [0.05, 0.1) is 0 Å². The molecule has 2 aliphatic heterocycles. The van der Waals surface area contributed by atoms with Gasteiger partial charge in [-0.1, -0.05) is 30.3 Å². The molecule has 5 nitrogen and oxygen atoms in total. The van der Waals surface area contributed by atoms with Crippen LogP contribution in [0, 0.1) is 6.92 Å². The van der Waals surface area contributed by atoms with Crippen molar-refractivity contribution in [1.29, 1.82) is 0 Å². The number of benzene rings is 1. The molecular formula is C19H24N4O. The van der Waals surface area contributed by atoms with Crippen molar-refractivity contribution in [3.63, 3.8) is 0 Å². The minimum Gasteiger partial charge on any atom is -0.377 e. The van der Waals surface area contributed by atoms with Crippen LogP contribution in [0.4, 0.5) is 5.82 Å². The maximum atomic E-state index is 5.19. The summed E-state index contributed by atoms with van der Waals surface area (Å²) in [6.07, 6.45) is 1.23. The third kappa shape index (κ3) is 3.01. The molecule has 0 saturated carbocycles. The number of aromatic nitrogens is 2. The van der Waals surface area contributed by atoms with Gasteiger partial charge in [0.1, 0.15) is 12.4 Å². The number of hydrogen-bond donors (Lipinski definition) is 0. The van der Waals surface area contributed by atoms with Crippen molar-refractivity contribution in [2.75, 3.05) is 25.1 Å². The van der Waals surface area contributed by atoms with Crippen molar-refractivity contribution in [2.45, 2.75) is 38.6 Å². The van der Waals surface area contributed by atoms with Crippen LogP contribution in [0.2, 0.25) is 0 Å². The van der Waals surface area contributed by atoms with Crippen LogP contribution in [0.1, 0.15) is 23.5 Å². The first-order valence-corrected chi connectivity index (χ1v) is 8.61. The molecule has 2 aliphatic rings. The number of likely N-dealkylation sites (tertiary alicyclic amines) is 1. The molecule has 2 aromatic rings. The van der Waals surface area contributed by atoms with Gasteiger partial charge >= 0.3 is 0 Å². The molecule has 0 radical (unpaired) electrons. The molecule has 5 heteroatoms. The standard InChI is InChI=1S/C19H24N4O/c1-14-8-19(21-18(20-14)13-24-2)23-12-16-9-17(23)11-22(16)10-15-6-4-3-5-7-15/h3-8,16-17H,9-13H2,1-2H3. The van der Waals surface area contributed by atoms with Crippen LogP contribution >= 0.6 is 0 Å². The number of piperazine rings is 1. The van der Waals surface area contributed by atoms with E-state index in [4.69, 9.17) is 9.72 Å². The molecule has 0 aliphatic carbocycles. The van der Waals surface area contributed by atoms with E-state index in [-0.39, 0.29) is 0 Å². The maximum Gasteiger partial charge on any atom is 0.156 e. The average molecular weight is 324 g/mol. The minimum atomic E-state index is 0.469. The second-order valence-electron chi connectivity index (χ2n) is 6.83. The van der Waals surface area contributed by atoms with Crippen molar-refractivity contribution < 1.29 is 4.74 Å². The van der Waals surface area contributed by atoms with E-state index in [2.05, 4.69) is 51.2 Å². The molecule has 2 atom stereocenters. The molecule has 126 valence electrons. The van der Waals surface area contributed by atoms with Crippen LogP contribution in [-0.4, -0.2) is 47.2 Å². The van der Waals surface area contributed by atoms with Crippen LogP contribution in [0.3, 0.4) is 0 Å². The molecule has 24 heavy (non-hydrogen) atoms. The van der Waals surface area contributed by atoms with Crippen LogP contribution in [-0.2, 0) is 17.9 Å². The third-order valence-electron chi connectivity index (χ3n) is 5.04. The first-order chi connectivity index (χ1) is 11.7. The first-order valence-electron chi connectivity index (χ1n) is 8.61. The van der Waals surface area contributed by atoms with Gasteiger partial charge in [-0.3, -0.25) is 4.90 Å². The third-order valence-corrected chi connectivity index (χ3v) is 5.04. The molecule has 2 fully saturated rings. The molecule has 2 unspecified atom stereocenters. The summed E-state index contributed by atoms with van der Waals surface area (Å²) in [6.45, 7) is 5.72. The molecule has 0 spiro atoms. The van der Waals surface area contributed by atoms with E-state index in [9.17, 15) is 0 Å². The Hall–Kier alpha value is -1.98. The predicted octanol–water partition coefficient (Wildman–Crippen LogP) is 2.39. The fourth-order valence-corrected chi connectivity index (χ4v) is 3.99. The van der Waals surface area contributed by atoms with Crippen molar-refractivity contribution in [2.24, 2.45) is 0 Å². The zero-order valence-corrected chi connectivity index (χ0v) is 14.4. The van der Waals surface area contributed by atoms with Crippen molar-refractivity contribution >= 4 is 5.82 Å². The lowest BCUT2D eigenvalue weighted by Crippen LogP contribution is -2.46. The Kier molecular flexibility index (Phi) is 4.21. The van der Waals surface area contributed by atoms with Crippen molar-refractivity contribution in [1.82, 2.24) is 14.9 Å². The average Bonchev–Trinajstić information content (AvgIpc) is 3.16. The second kappa shape index (κ2) is 6.49. The topological polar surface area (TPSA) is 41.5 Å². The molecule has 0 amide bonds. The highest BCUT2D eigenvalue weighted by Gasteiger charge is 2.43. The smallest absolute Gasteiger partial charge is 0.156 e. The van der Waals surface area contributed by atoms with E-state index in [1.54, 1.807) is 7.11 Å². The summed E-state index contributed by atoms with van der Waals surface area (Å²) in [4.78, 5) is 14.2. The number of hydrogen-bond acceptors (Lipinski definition) is 5. The Morgan fingerprint density at radius 3 is 2.67 bits per heavy atom. The molecule has 1 aromatic heterocycles. The molecule has 0 N–H and O–H groups in total. The van der Waals surface area contributed by atoms with Gasteiger partial charge in [-0.25, -0.2) is 9.97 Å². The Bertz CT molecular complexity index is 706. The SMILES string of the molecule is COCc1nc(C)cc(N2CC3CC2CN3Cc2ccccc2)n1. The van der Waals surface area contributed by atoms with Gasteiger partial charge in [0.25, 0.3) is 0 Å². The molecule has 4 rings (SSSR count). The van der Waals surface area contributed by atoms with Gasteiger partial charge in [-0.05, 0) is 18.9 Å². The Labute approximate surface area is 143 Å². The van der Waals surface area contributed by atoms with Gasteiger partial charge < -0.3 is 9.64 Å². The highest BCUT2D eigenvalue weighted by molar-refractivity contribution is 5.44. The second-order valence-corrected chi connectivity index (χ2v) is 6.83. The summed E-state index contributed by atoms with van der Waals surface area (Å²) in [5.41, 5.74) is 2.41. The van der Waals surface area contributed by atoms with E-state index in [1.165, 1.54) is 12.0 Å². The lowest BCUT2D eigenvalue weighted by Gasteiger charge is -2.35. The Morgan fingerprint density at radius 1 is 1.12 bits per heavy atom. The number of ether oxygens (including phenoxy) is 1. The Morgan fingerprint density at radius 2 is 1.96 bits per heavy atom. The molecular weight excluding hydrogens is 300 g/mol. The fourth-order valence-electron chi connectivity index (χ4n) is 3.99. The summed E-state index contributed by atoms with van der Waals surface area (Å²) in [6, 6.07) is 14.0. The van der Waals surface area contributed by atoms with Gasteiger partial charge in [0.15, 0.2) is 5.82 Å². The van der Waals surface area contributed by atoms with Gasteiger partial charge in [0, 0.05) is 50.6 Å². The van der Waals surface area contributed by atoms with Crippen LogP contribution in [0.15, 0.2) is 36.4 Å². The highest BCUT2D eigenvalue weighted by atomic mass is 16.5. The molecule has 2 bridgehead atoms. The number of anilines is 1. The quantitative estimate of drug-likeness (QED) is 0.845. The van der Waals surface area contributed by atoms with Crippen molar-refractivity contribution in [3.05, 3.63) is 53.5 Å². The largest absolute Gasteiger partial charge is 0.377 e. The van der Waals surface area contributed by atoms with E-state index in [0.717, 1.165) is 37.0 Å². The molecule has 3 heterocycles. The number of rotatable bonds is 5. The van der Waals surface area contributed by atoms with Crippen LogP contribution in [0.25, 0.3) is 0 Å². The normalized spacial score (nSPS) is 23.2. The van der Waals surface area contributed by atoms with Gasteiger partial charge in [0.2, 0.25) is 0 Å². The number of nitrogens with zero attached hydrogens (tertiary/aromatic N) is 4. The van der Waals surface area contributed by atoms with Gasteiger partial charge in [-0.2, -0.15) is 0 Å². The lowest BCUT2D eigenvalue weighted by atomic mass is 10.2.